The lowest BCUT2D eigenvalue weighted by Crippen LogP contribution is -1.91. The minimum atomic E-state index is 0.844. The van der Waals surface area contributed by atoms with Gasteiger partial charge in [0, 0.05) is 0 Å². The molecular formula is C10H18. The van der Waals surface area contributed by atoms with Gasteiger partial charge in [0.05, 0.1) is 0 Å². The molecule has 0 aromatic rings. The summed E-state index contributed by atoms with van der Waals surface area (Å²) >= 11 is 0. The van der Waals surface area contributed by atoms with Crippen LogP contribution in [0.15, 0.2) is 11.6 Å². The molecule has 0 bridgehead atoms. The van der Waals surface area contributed by atoms with Crippen molar-refractivity contribution < 1.29 is 0 Å². The minimum absolute atomic E-state index is 0.844. The molecule has 0 heteroatoms. The monoisotopic (exact) mass is 138 g/mol. The summed E-state index contributed by atoms with van der Waals surface area (Å²) in [6.07, 6.45) is 6.44. The summed E-state index contributed by atoms with van der Waals surface area (Å²) in [5.74, 6) is 1.77. The first-order valence-corrected chi connectivity index (χ1v) is 4.36. The molecule has 0 radical (unpaired) electrons. The first-order chi connectivity index (χ1) is 4.68. The highest BCUT2D eigenvalue weighted by Gasteiger charge is 2.12. The molecule has 10 heavy (non-hydrogen) atoms. The highest BCUT2D eigenvalue weighted by molar-refractivity contribution is 5.09. The zero-order chi connectivity index (χ0) is 7.56. The van der Waals surface area contributed by atoms with Crippen molar-refractivity contribution in [3.05, 3.63) is 11.6 Å². The zero-order valence-corrected chi connectivity index (χ0v) is 7.35. The first-order valence-electron chi connectivity index (χ1n) is 4.36. The molecule has 0 aromatic heterocycles. The Morgan fingerprint density at radius 3 is 2.70 bits per heavy atom. The SMILES string of the molecule is CC(C)CC1=CCC(C)C1. The Morgan fingerprint density at radius 2 is 2.30 bits per heavy atom. The van der Waals surface area contributed by atoms with Crippen LogP contribution < -0.4 is 0 Å². The maximum atomic E-state index is 2.44. The van der Waals surface area contributed by atoms with Gasteiger partial charge in [-0.25, -0.2) is 0 Å². The van der Waals surface area contributed by atoms with Gasteiger partial charge in [-0.05, 0) is 31.1 Å². The predicted molar refractivity (Wildman–Crippen MR) is 45.9 cm³/mol. The summed E-state index contributed by atoms with van der Waals surface area (Å²) in [5.41, 5.74) is 1.70. The highest BCUT2D eigenvalue weighted by Crippen LogP contribution is 2.28. The van der Waals surface area contributed by atoms with Crippen molar-refractivity contribution in [2.24, 2.45) is 11.8 Å². The number of hydrogen-bond acceptors (Lipinski definition) is 0. The van der Waals surface area contributed by atoms with Crippen molar-refractivity contribution in [2.45, 2.75) is 40.0 Å². The van der Waals surface area contributed by atoms with Crippen molar-refractivity contribution in [3.63, 3.8) is 0 Å². The normalized spacial score (nSPS) is 25.6. The molecule has 0 nitrogen and oxygen atoms in total. The molecule has 0 spiro atoms. The quantitative estimate of drug-likeness (QED) is 0.513. The Morgan fingerprint density at radius 1 is 1.60 bits per heavy atom. The van der Waals surface area contributed by atoms with Gasteiger partial charge >= 0.3 is 0 Å². The van der Waals surface area contributed by atoms with E-state index in [1.165, 1.54) is 19.3 Å². The summed E-state index contributed by atoms with van der Waals surface area (Å²) in [6.45, 7) is 6.93. The van der Waals surface area contributed by atoms with Crippen LogP contribution in [0.5, 0.6) is 0 Å². The fourth-order valence-corrected chi connectivity index (χ4v) is 1.67. The average Bonchev–Trinajstić information content (AvgIpc) is 2.13. The summed E-state index contributed by atoms with van der Waals surface area (Å²) in [7, 11) is 0. The predicted octanol–water partition coefficient (Wildman–Crippen LogP) is 3.39. The maximum Gasteiger partial charge on any atom is -0.0291 e. The topological polar surface area (TPSA) is 0 Å². The molecule has 0 fully saturated rings. The van der Waals surface area contributed by atoms with Gasteiger partial charge in [-0.15, -0.1) is 0 Å². The average molecular weight is 138 g/mol. The molecule has 1 aliphatic carbocycles. The molecule has 1 rings (SSSR count). The number of hydrogen-bond donors (Lipinski definition) is 0. The van der Waals surface area contributed by atoms with E-state index in [4.69, 9.17) is 0 Å². The second kappa shape index (κ2) is 3.23. The lowest BCUT2D eigenvalue weighted by Gasteiger charge is -2.05. The highest BCUT2D eigenvalue weighted by atomic mass is 14.2. The molecule has 0 aliphatic heterocycles. The van der Waals surface area contributed by atoms with Crippen LogP contribution in [0.4, 0.5) is 0 Å². The first kappa shape index (κ1) is 7.84. The standard InChI is InChI=1S/C10H18/c1-8(2)6-10-5-4-9(3)7-10/h5,8-9H,4,6-7H2,1-3H3. The van der Waals surface area contributed by atoms with Crippen molar-refractivity contribution in [1.29, 1.82) is 0 Å². The molecule has 0 N–H and O–H groups in total. The molecule has 0 amide bonds. The summed E-state index contributed by atoms with van der Waals surface area (Å²) in [5, 5.41) is 0. The van der Waals surface area contributed by atoms with Gasteiger partial charge in [0.25, 0.3) is 0 Å². The zero-order valence-electron chi connectivity index (χ0n) is 7.35. The molecule has 1 atom stereocenters. The second-order valence-electron chi connectivity index (χ2n) is 4.01. The molecule has 1 unspecified atom stereocenters. The third-order valence-corrected chi connectivity index (χ3v) is 2.09. The van der Waals surface area contributed by atoms with Gasteiger partial charge < -0.3 is 0 Å². The Balaban J connectivity index is 2.30. The fourth-order valence-electron chi connectivity index (χ4n) is 1.67. The molecule has 0 saturated heterocycles. The molecule has 0 heterocycles. The Labute approximate surface area is 64.3 Å². The van der Waals surface area contributed by atoms with Gasteiger partial charge in [-0.3, -0.25) is 0 Å². The fraction of sp³-hybridized carbons (Fsp3) is 0.800. The van der Waals surface area contributed by atoms with Crippen LogP contribution in [0, 0.1) is 11.8 Å². The third-order valence-electron chi connectivity index (χ3n) is 2.09. The molecular weight excluding hydrogens is 120 g/mol. The van der Waals surface area contributed by atoms with Crippen molar-refractivity contribution in [1.82, 2.24) is 0 Å². The van der Waals surface area contributed by atoms with E-state index in [1.54, 1.807) is 5.57 Å². The van der Waals surface area contributed by atoms with E-state index >= 15 is 0 Å². The van der Waals surface area contributed by atoms with Gasteiger partial charge in [0.2, 0.25) is 0 Å². The van der Waals surface area contributed by atoms with E-state index in [9.17, 15) is 0 Å². The van der Waals surface area contributed by atoms with E-state index in [-0.39, 0.29) is 0 Å². The van der Waals surface area contributed by atoms with Crippen LogP contribution in [0.3, 0.4) is 0 Å². The van der Waals surface area contributed by atoms with Crippen LogP contribution >= 0.6 is 0 Å². The molecule has 0 saturated carbocycles. The molecule has 1 aliphatic rings. The van der Waals surface area contributed by atoms with Gasteiger partial charge in [0.1, 0.15) is 0 Å². The van der Waals surface area contributed by atoms with Crippen molar-refractivity contribution in [2.75, 3.05) is 0 Å². The Kier molecular flexibility index (Phi) is 2.53. The van der Waals surface area contributed by atoms with Crippen molar-refractivity contribution in [3.8, 4) is 0 Å². The molecule has 0 aromatic carbocycles. The summed E-state index contributed by atoms with van der Waals surface area (Å²) < 4.78 is 0. The van der Waals surface area contributed by atoms with Gasteiger partial charge in [0.15, 0.2) is 0 Å². The van der Waals surface area contributed by atoms with Crippen LogP contribution in [-0.4, -0.2) is 0 Å². The van der Waals surface area contributed by atoms with Gasteiger partial charge in [-0.1, -0.05) is 32.4 Å². The van der Waals surface area contributed by atoms with E-state index in [1.807, 2.05) is 0 Å². The smallest absolute Gasteiger partial charge is 0.0291 e. The Bertz CT molecular complexity index is 131. The van der Waals surface area contributed by atoms with E-state index in [0.29, 0.717) is 0 Å². The summed E-state index contributed by atoms with van der Waals surface area (Å²) in [6, 6.07) is 0. The van der Waals surface area contributed by atoms with E-state index < -0.39 is 0 Å². The summed E-state index contributed by atoms with van der Waals surface area (Å²) in [4.78, 5) is 0. The van der Waals surface area contributed by atoms with Crippen LogP contribution in [-0.2, 0) is 0 Å². The minimum Gasteiger partial charge on any atom is -0.0850 e. The van der Waals surface area contributed by atoms with Gasteiger partial charge in [-0.2, -0.15) is 0 Å². The second-order valence-corrected chi connectivity index (χ2v) is 4.01. The number of allylic oxidation sites excluding steroid dienone is 2. The van der Waals surface area contributed by atoms with Crippen LogP contribution in [0.1, 0.15) is 40.0 Å². The van der Waals surface area contributed by atoms with E-state index in [2.05, 4.69) is 26.8 Å². The number of rotatable bonds is 2. The maximum absolute atomic E-state index is 2.44. The lowest BCUT2D eigenvalue weighted by atomic mass is 10.0. The third kappa shape index (κ3) is 2.17. The van der Waals surface area contributed by atoms with Crippen LogP contribution in [0.25, 0.3) is 0 Å². The lowest BCUT2D eigenvalue weighted by molar-refractivity contribution is 0.582. The van der Waals surface area contributed by atoms with Crippen LogP contribution in [0.2, 0.25) is 0 Å². The van der Waals surface area contributed by atoms with Crippen molar-refractivity contribution >= 4 is 0 Å². The largest absolute Gasteiger partial charge is 0.0850 e. The van der Waals surface area contributed by atoms with E-state index in [0.717, 1.165) is 11.8 Å². The Hall–Kier alpha value is -0.260. The molecule has 58 valence electrons.